The molecule has 1 saturated heterocycles. The Kier molecular flexibility index (Phi) is 4.61. The number of nitrogens with one attached hydrogen (secondary N) is 1. The highest BCUT2D eigenvalue weighted by atomic mass is 35.5. The molecule has 1 aromatic carbocycles. The molecule has 1 amide bonds. The van der Waals surface area contributed by atoms with E-state index in [-0.39, 0.29) is 5.91 Å². The van der Waals surface area contributed by atoms with E-state index < -0.39 is 0 Å². The lowest BCUT2D eigenvalue weighted by Gasteiger charge is -2.28. The number of hydrogen-bond donors (Lipinski definition) is 1. The van der Waals surface area contributed by atoms with Gasteiger partial charge in [-0.1, -0.05) is 30.2 Å². The van der Waals surface area contributed by atoms with E-state index in [1.807, 2.05) is 19.2 Å². The Morgan fingerprint density at radius 2 is 2.22 bits per heavy atom. The van der Waals surface area contributed by atoms with Crippen LogP contribution in [0.4, 0.5) is 0 Å². The van der Waals surface area contributed by atoms with Crippen molar-refractivity contribution in [3.05, 3.63) is 34.9 Å². The average molecular weight is 267 g/mol. The minimum absolute atomic E-state index is 0.00651. The molecule has 18 heavy (non-hydrogen) atoms. The third kappa shape index (κ3) is 3.24. The van der Waals surface area contributed by atoms with Gasteiger partial charge in [-0.15, -0.1) is 0 Å². The van der Waals surface area contributed by atoms with Crippen molar-refractivity contribution in [2.75, 3.05) is 20.1 Å². The summed E-state index contributed by atoms with van der Waals surface area (Å²) in [5.74, 6) is -0.00651. The van der Waals surface area contributed by atoms with Gasteiger partial charge in [0, 0.05) is 19.6 Å². The fraction of sp³-hybridized carbons (Fsp3) is 0.500. The molecule has 1 aromatic rings. The number of nitrogens with zero attached hydrogens (tertiary/aromatic N) is 1. The van der Waals surface area contributed by atoms with Crippen LogP contribution in [0.1, 0.15) is 29.6 Å². The van der Waals surface area contributed by atoms with Crippen molar-refractivity contribution in [1.29, 1.82) is 0 Å². The van der Waals surface area contributed by atoms with Crippen LogP contribution >= 0.6 is 11.6 Å². The third-order valence-electron chi connectivity index (χ3n) is 3.36. The molecule has 3 nitrogen and oxygen atoms in total. The van der Waals surface area contributed by atoms with Crippen molar-refractivity contribution in [2.24, 2.45) is 0 Å². The van der Waals surface area contributed by atoms with Gasteiger partial charge < -0.3 is 10.2 Å². The molecule has 1 unspecified atom stereocenters. The summed E-state index contributed by atoms with van der Waals surface area (Å²) in [7, 11) is 1.84. The first-order valence-electron chi connectivity index (χ1n) is 6.42. The molecule has 1 aliphatic rings. The van der Waals surface area contributed by atoms with Gasteiger partial charge in [0.25, 0.3) is 5.91 Å². The number of carbonyl (C=O) groups excluding carboxylic acids is 1. The van der Waals surface area contributed by atoms with Crippen molar-refractivity contribution in [3.8, 4) is 0 Å². The Balaban J connectivity index is 1.98. The summed E-state index contributed by atoms with van der Waals surface area (Å²) >= 11 is 6.04. The van der Waals surface area contributed by atoms with Gasteiger partial charge in [0.05, 0.1) is 10.6 Å². The number of benzene rings is 1. The number of carbonyl (C=O) groups is 1. The Morgan fingerprint density at radius 3 is 2.89 bits per heavy atom. The van der Waals surface area contributed by atoms with E-state index in [9.17, 15) is 4.79 Å². The highest BCUT2D eigenvalue weighted by Crippen LogP contribution is 2.17. The van der Waals surface area contributed by atoms with E-state index in [4.69, 9.17) is 11.6 Å². The number of rotatable bonds is 3. The fourth-order valence-corrected chi connectivity index (χ4v) is 2.55. The van der Waals surface area contributed by atoms with Crippen molar-refractivity contribution < 1.29 is 4.79 Å². The van der Waals surface area contributed by atoms with E-state index in [2.05, 4.69) is 5.32 Å². The predicted octanol–water partition coefficient (Wildman–Crippen LogP) is 2.55. The van der Waals surface area contributed by atoms with Crippen LogP contribution in [-0.4, -0.2) is 37.0 Å². The van der Waals surface area contributed by atoms with Crippen LogP contribution in [0, 0.1) is 0 Å². The lowest BCUT2D eigenvalue weighted by Crippen LogP contribution is -2.44. The highest BCUT2D eigenvalue weighted by Gasteiger charge is 2.19. The normalized spacial score (nSPS) is 19.6. The van der Waals surface area contributed by atoms with Crippen LogP contribution in [0.2, 0.25) is 5.02 Å². The SMILES string of the molecule is CN(CC1CCCCN1)C(=O)c1ccccc1Cl. The zero-order chi connectivity index (χ0) is 13.0. The Bertz CT molecular complexity index is 416. The fourth-order valence-electron chi connectivity index (χ4n) is 2.33. The number of hydrogen-bond acceptors (Lipinski definition) is 2. The van der Waals surface area contributed by atoms with Crippen molar-refractivity contribution in [1.82, 2.24) is 10.2 Å². The summed E-state index contributed by atoms with van der Waals surface area (Å²) in [6, 6.07) is 7.61. The van der Waals surface area contributed by atoms with Gasteiger partial charge in [-0.3, -0.25) is 4.79 Å². The van der Waals surface area contributed by atoms with Crippen molar-refractivity contribution in [2.45, 2.75) is 25.3 Å². The summed E-state index contributed by atoms with van der Waals surface area (Å²) in [6.45, 7) is 1.79. The first-order valence-corrected chi connectivity index (χ1v) is 6.79. The van der Waals surface area contributed by atoms with Crippen LogP contribution in [0.15, 0.2) is 24.3 Å². The first-order chi connectivity index (χ1) is 8.68. The summed E-state index contributed by atoms with van der Waals surface area (Å²) in [4.78, 5) is 14.0. The Hall–Kier alpha value is -1.06. The quantitative estimate of drug-likeness (QED) is 0.912. The van der Waals surface area contributed by atoms with Crippen LogP contribution in [-0.2, 0) is 0 Å². The second-order valence-corrected chi connectivity index (χ2v) is 5.22. The number of piperidine rings is 1. The number of amides is 1. The molecule has 1 heterocycles. The lowest BCUT2D eigenvalue weighted by atomic mass is 10.0. The maximum Gasteiger partial charge on any atom is 0.255 e. The summed E-state index contributed by atoms with van der Waals surface area (Å²) in [5, 5.41) is 3.96. The molecular formula is C14H19ClN2O. The molecule has 0 aromatic heterocycles. The monoisotopic (exact) mass is 266 g/mol. The topological polar surface area (TPSA) is 32.3 Å². The van der Waals surface area contributed by atoms with Gasteiger partial charge in [-0.25, -0.2) is 0 Å². The molecule has 1 aliphatic heterocycles. The molecule has 0 bridgehead atoms. The second-order valence-electron chi connectivity index (χ2n) is 4.81. The first kappa shape index (κ1) is 13.4. The van der Waals surface area contributed by atoms with Crippen LogP contribution in [0.25, 0.3) is 0 Å². The summed E-state index contributed by atoms with van der Waals surface area (Å²) in [5.41, 5.74) is 0.581. The Morgan fingerprint density at radius 1 is 1.44 bits per heavy atom. The molecule has 0 aliphatic carbocycles. The van der Waals surface area contributed by atoms with Gasteiger partial charge in [0.1, 0.15) is 0 Å². The molecule has 0 saturated carbocycles. The minimum atomic E-state index is -0.00651. The summed E-state index contributed by atoms with van der Waals surface area (Å²) < 4.78 is 0. The Labute approximate surface area is 113 Å². The van der Waals surface area contributed by atoms with E-state index in [1.54, 1.807) is 17.0 Å². The van der Waals surface area contributed by atoms with Crippen LogP contribution < -0.4 is 5.32 Å². The van der Waals surface area contributed by atoms with Gasteiger partial charge in [0.2, 0.25) is 0 Å². The second kappa shape index (κ2) is 6.21. The van der Waals surface area contributed by atoms with E-state index in [1.165, 1.54) is 12.8 Å². The molecule has 2 rings (SSSR count). The molecule has 1 N–H and O–H groups in total. The standard InChI is InChI=1S/C14H19ClN2O/c1-17(10-11-6-4-5-9-16-11)14(18)12-7-2-3-8-13(12)15/h2-3,7-8,11,16H,4-6,9-10H2,1H3. The highest BCUT2D eigenvalue weighted by molar-refractivity contribution is 6.33. The minimum Gasteiger partial charge on any atom is -0.340 e. The molecule has 0 radical (unpaired) electrons. The van der Waals surface area contributed by atoms with Gasteiger partial charge in [0.15, 0.2) is 0 Å². The smallest absolute Gasteiger partial charge is 0.255 e. The number of halogens is 1. The van der Waals surface area contributed by atoms with Crippen LogP contribution in [0.3, 0.4) is 0 Å². The molecule has 1 fully saturated rings. The maximum absolute atomic E-state index is 12.3. The average Bonchev–Trinajstić information content (AvgIpc) is 2.39. The predicted molar refractivity (Wildman–Crippen MR) is 74.1 cm³/mol. The summed E-state index contributed by atoms with van der Waals surface area (Å²) in [6.07, 6.45) is 3.62. The zero-order valence-electron chi connectivity index (χ0n) is 10.7. The van der Waals surface area contributed by atoms with Crippen molar-refractivity contribution in [3.63, 3.8) is 0 Å². The molecule has 98 valence electrons. The van der Waals surface area contributed by atoms with E-state index >= 15 is 0 Å². The lowest BCUT2D eigenvalue weighted by molar-refractivity contribution is 0.0775. The maximum atomic E-state index is 12.3. The van der Waals surface area contributed by atoms with E-state index in [0.717, 1.165) is 19.5 Å². The van der Waals surface area contributed by atoms with Gasteiger partial charge in [-0.05, 0) is 31.5 Å². The van der Waals surface area contributed by atoms with Gasteiger partial charge in [-0.2, -0.15) is 0 Å². The van der Waals surface area contributed by atoms with Gasteiger partial charge >= 0.3 is 0 Å². The third-order valence-corrected chi connectivity index (χ3v) is 3.69. The number of likely N-dealkylation sites (N-methyl/N-ethyl adjacent to an activating group) is 1. The van der Waals surface area contributed by atoms with Crippen molar-refractivity contribution >= 4 is 17.5 Å². The van der Waals surface area contributed by atoms with E-state index in [0.29, 0.717) is 16.6 Å². The molecule has 1 atom stereocenters. The zero-order valence-corrected chi connectivity index (χ0v) is 11.4. The molecule has 0 spiro atoms. The molecular weight excluding hydrogens is 248 g/mol. The van der Waals surface area contributed by atoms with Crippen LogP contribution in [0.5, 0.6) is 0 Å². The largest absolute Gasteiger partial charge is 0.340 e. The molecule has 4 heteroatoms.